The second kappa shape index (κ2) is 7.22. The lowest BCUT2D eigenvalue weighted by molar-refractivity contribution is 0.211. The van der Waals surface area contributed by atoms with E-state index in [-0.39, 0.29) is 6.04 Å². The maximum Gasteiger partial charge on any atom is 0.183 e. The molecule has 0 bridgehead atoms. The maximum atomic E-state index is 5.91. The summed E-state index contributed by atoms with van der Waals surface area (Å²) < 4.78 is 8.39. The minimum atomic E-state index is 0.0321. The van der Waals surface area contributed by atoms with E-state index in [0.717, 1.165) is 21.3 Å². The number of halogens is 3. The molecule has 1 unspecified atom stereocenters. The third kappa shape index (κ3) is 3.74. The van der Waals surface area contributed by atoms with Crippen LogP contribution in [-0.2, 0) is 6.54 Å². The molecular formula is C14H15Br3N2O. The van der Waals surface area contributed by atoms with Gasteiger partial charge in [-0.3, -0.25) is 4.90 Å². The van der Waals surface area contributed by atoms with Gasteiger partial charge >= 0.3 is 0 Å². The van der Waals surface area contributed by atoms with Gasteiger partial charge in [-0.2, -0.15) is 0 Å². The molecule has 0 aliphatic carbocycles. The first kappa shape index (κ1) is 16.2. The summed E-state index contributed by atoms with van der Waals surface area (Å²) in [7, 11) is 2.04. The van der Waals surface area contributed by atoms with E-state index < -0.39 is 0 Å². The van der Waals surface area contributed by atoms with Crippen LogP contribution in [0.2, 0.25) is 0 Å². The van der Waals surface area contributed by atoms with Gasteiger partial charge in [0.15, 0.2) is 4.67 Å². The van der Waals surface area contributed by atoms with Crippen LogP contribution in [0.3, 0.4) is 0 Å². The van der Waals surface area contributed by atoms with Crippen molar-refractivity contribution in [3.05, 3.63) is 55.3 Å². The van der Waals surface area contributed by atoms with Crippen LogP contribution >= 0.6 is 47.8 Å². The highest BCUT2D eigenvalue weighted by atomic mass is 79.9. The number of nitrogens with zero attached hydrogens (tertiary/aromatic N) is 1. The van der Waals surface area contributed by atoms with E-state index in [0.29, 0.717) is 11.2 Å². The fourth-order valence-corrected chi connectivity index (χ4v) is 3.06. The predicted molar refractivity (Wildman–Crippen MR) is 91.5 cm³/mol. The monoisotopic (exact) mass is 464 g/mol. The van der Waals surface area contributed by atoms with Crippen LogP contribution in [0.1, 0.15) is 17.4 Å². The highest BCUT2D eigenvalue weighted by Crippen LogP contribution is 2.32. The van der Waals surface area contributed by atoms with Gasteiger partial charge in [0.2, 0.25) is 0 Å². The molecule has 6 heteroatoms. The minimum absolute atomic E-state index is 0.0321. The lowest BCUT2D eigenvalue weighted by atomic mass is 10.1. The third-order valence-corrected chi connectivity index (χ3v) is 5.61. The first-order valence-corrected chi connectivity index (χ1v) is 8.49. The predicted octanol–water partition coefficient (Wildman–Crippen LogP) is 4.70. The molecule has 0 saturated carbocycles. The summed E-state index contributed by atoms with van der Waals surface area (Å²) in [6.45, 7) is 1.28. The standard InChI is InChI=1S/C14H15Br3N2O/c1-19(8-9-4-2-3-5-10(9)15)12(7-18)13-6-11(16)14(17)20-13/h2-6,12H,7-8,18H2,1H3. The van der Waals surface area contributed by atoms with E-state index in [1.807, 2.05) is 31.3 Å². The Morgan fingerprint density at radius 3 is 2.45 bits per heavy atom. The number of likely N-dealkylation sites (N-methyl/N-ethyl adjacent to an activating group) is 1. The summed E-state index contributed by atoms with van der Waals surface area (Å²) >= 11 is 10.4. The Kier molecular flexibility index (Phi) is 5.86. The van der Waals surface area contributed by atoms with Crippen LogP contribution in [0.25, 0.3) is 0 Å². The number of hydrogen-bond acceptors (Lipinski definition) is 3. The van der Waals surface area contributed by atoms with Crippen LogP contribution in [0.15, 0.2) is 48.4 Å². The Bertz CT molecular complexity index is 566. The third-order valence-electron chi connectivity index (χ3n) is 3.13. The molecule has 1 heterocycles. The van der Waals surface area contributed by atoms with Crippen LogP contribution in [-0.4, -0.2) is 18.5 Å². The number of benzene rings is 1. The van der Waals surface area contributed by atoms with Crippen LogP contribution in [0, 0.1) is 0 Å². The van der Waals surface area contributed by atoms with Gasteiger partial charge < -0.3 is 10.2 Å². The van der Waals surface area contributed by atoms with Crippen molar-refractivity contribution < 1.29 is 4.42 Å². The Balaban J connectivity index is 2.17. The molecule has 108 valence electrons. The quantitative estimate of drug-likeness (QED) is 0.694. The van der Waals surface area contributed by atoms with Gasteiger partial charge in [-0.05, 0) is 56.6 Å². The lowest BCUT2D eigenvalue weighted by Crippen LogP contribution is -2.30. The van der Waals surface area contributed by atoms with Crippen molar-refractivity contribution >= 4 is 47.8 Å². The van der Waals surface area contributed by atoms with Crippen LogP contribution in [0.4, 0.5) is 0 Å². The molecule has 0 aliphatic heterocycles. The zero-order valence-corrected chi connectivity index (χ0v) is 15.7. The first-order chi connectivity index (χ1) is 9.52. The smallest absolute Gasteiger partial charge is 0.183 e. The molecule has 2 aromatic rings. The molecule has 2 N–H and O–H groups in total. The summed E-state index contributed by atoms with van der Waals surface area (Å²) in [4.78, 5) is 2.18. The van der Waals surface area contributed by atoms with Gasteiger partial charge in [0.1, 0.15) is 5.76 Å². The van der Waals surface area contributed by atoms with Crippen molar-refractivity contribution in [2.45, 2.75) is 12.6 Å². The normalized spacial score (nSPS) is 12.9. The largest absolute Gasteiger partial charge is 0.451 e. The average Bonchev–Trinajstić information content (AvgIpc) is 2.73. The second-order valence-corrected chi connectivity index (χ2v) is 6.96. The number of nitrogens with two attached hydrogens (primary N) is 1. The Labute approximate surface area is 143 Å². The van der Waals surface area contributed by atoms with E-state index in [1.54, 1.807) is 0 Å². The van der Waals surface area contributed by atoms with Gasteiger partial charge in [-0.1, -0.05) is 34.1 Å². The van der Waals surface area contributed by atoms with E-state index in [1.165, 1.54) is 5.56 Å². The summed E-state index contributed by atoms with van der Waals surface area (Å²) in [6.07, 6.45) is 0. The molecule has 0 radical (unpaired) electrons. The summed E-state index contributed by atoms with van der Waals surface area (Å²) in [6, 6.07) is 10.2. The van der Waals surface area contributed by atoms with Crippen molar-refractivity contribution in [1.29, 1.82) is 0 Å². The average molecular weight is 467 g/mol. The molecule has 0 fully saturated rings. The molecule has 0 spiro atoms. The number of hydrogen-bond donors (Lipinski definition) is 1. The first-order valence-electron chi connectivity index (χ1n) is 6.11. The zero-order valence-electron chi connectivity index (χ0n) is 10.9. The summed E-state index contributed by atoms with van der Waals surface area (Å²) in [5, 5.41) is 0. The highest BCUT2D eigenvalue weighted by molar-refractivity contribution is 9.13. The maximum absolute atomic E-state index is 5.91. The van der Waals surface area contributed by atoms with Crippen LogP contribution < -0.4 is 5.73 Å². The SMILES string of the molecule is CN(Cc1ccccc1Br)C(CN)c1cc(Br)c(Br)o1. The van der Waals surface area contributed by atoms with Crippen molar-refractivity contribution in [1.82, 2.24) is 4.90 Å². The minimum Gasteiger partial charge on any atom is -0.451 e. The van der Waals surface area contributed by atoms with E-state index in [2.05, 4.69) is 58.8 Å². The highest BCUT2D eigenvalue weighted by Gasteiger charge is 2.21. The Morgan fingerprint density at radius 1 is 1.20 bits per heavy atom. The van der Waals surface area contributed by atoms with Crippen LogP contribution in [0.5, 0.6) is 0 Å². The molecule has 1 aromatic carbocycles. The fourth-order valence-electron chi connectivity index (χ4n) is 2.05. The van der Waals surface area contributed by atoms with Gasteiger partial charge in [-0.15, -0.1) is 0 Å². The lowest BCUT2D eigenvalue weighted by Gasteiger charge is -2.25. The molecule has 1 atom stereocenters. The molecule has 20 heavy (non-hydrogen) atoms. The Hall–Kier alpha value is -0.140. The second-order valence-electron chi connectivity index (χ2n) is 4.53. The molecule has 0 saturated heterocycles. The zero-order chi connectivity index (χ0) is 14.7. The van der Waals surface area contributed by atoms with Gasteiger partial charge in [-0.25, -0.2) is 0 Å². The van der Waals surface area contributed by atoms with Gasteiger partial charge in [0.25, 0.3) is 0 Å². The molecule has 2 rings (SSSR count). The van der Waals surface area contributed by atoms with Crippen molar-refractivity contribution in [3.8, 4) is 0 Å². The number of rotatable bonds is 5. The molecule has 0 amide bonds. The fraction of sp³-hybridized carbons (Fsp3) is 0.286. The molecule has 3 nitrogen and oxygen atoms in total. The van der Waals surface area contributed by atoms with Crippen molar-refractivity contribution in [2.24, 2.45) is 5.73 Å². The van der Waals surface area contributed by atoms with Gasteiger partial charge in [0.05, 0.1) is 10.5 Å². The topological polar surface area (TPSA) is 42.4 Å². The molecule has 0 aliphatic rings. The van der Waals surface area contributed by atoms with Crippen molar-refractivity contribution in [2.75, 3.05) is 13.6 Å². The Morgan fingerprint density at radius 2 is 1.90 bits per heavy atom. The molecule has 1 aromatic heterocycles. The molecular weight excluding hydrogens is 452 g/mol. The summed E-state index contributed by atoms with van der Waals surface area (Å²) in [5.41, 5.74) is 7.13. The van der Waals surface area contributed by atoms with Gasteiger partial charge in [0, 0.05) is 17.6 Å². The number of furan rings is 1. The van der Waals surface area contributed by atoms with E-state index >= 15 is 0 Å². The van der Waals surface area contributed by atoms with E-state index in [4.69, 9.17) is 10.2 Å². The summed E-state index contributed by atoms with van der Waals surface area (Å²) in [5.74, 6) is 0.848. The van der Waals surface area contributed by atoms with Crippen molar-refractivity contribution in [3.63, 3.8) is 0 Å². The van der Waals surface area contributed by atoms with E-state index in [9.17, 15) is 0 Å².